The molecule has 4 amide bonds. The van der Waals surface area contributed by atoms with Crippen molar-refractivity contribution in [2.45, 2.75) is 81.6 Å². The average Bonchev–Trinajstić information content (AvgIpc) is 4.25. The zero-order chi connectivity index (χ0) is 60.3. The first kappa shape index (κ1) is 64.7. The van der Waals surface area contributed by atoms with Crippen LogP contribution in [0.25, 0.3) is 0 Å². The monoisotopic (exact) mass is 1240 g/mol. The molecule has 36 heteroatoms. The van der Waals surface area contributed by atoms with Gasteiger partial charge in [0.1, 0.15) is 0 Å². The van der Waals surface area contributed by atoms with Crippen LogP contribution in [-0.2, 0) is 12.8 Å². The van der Waals surface area contributed by atoms with Crippen molar-refractivity contribution in [3.05, 3.63) is 143 Å². The van der Waals surface area contributed by atoms with Gasteiger partial charge in [0.05, 0.1) is 0 Å². The molecule has 4 aromatic heterocycles. The second-order valence-electron chi connectivity index (χ2n) is 15.1. The van der Waals surface area contributed by atoms with Gasteiger partial charge in [-0.15, -0.1) is 20.4 Å². The van der Waals surface area contributed by atoms with Gasteiger partial charge in [-0.2, -0.15) is 52.7 Å². The molecule has 0 saturated carbocycles. The summed E-state index contributed by atoms with van der Waals surface area (Å²) in [5.74, 6) is -1.08. The van der Waals surface area contributed by atoms with Gasteiger partial charge >= 0.3 is 46.1 Å². The van der Waals surface area contributed by atoms with Crippen LogP contribution in [0, 0.1) is 6.92 Å². The Morgan fingerprint density at radius 3 is 0.988 bits per heavy atom. The Labute approximate surface area is 469 Å². The standard InChI is InChI=1S/C13H12F3N3O2S.C12H10F3N3O2S.C11H8F3N3O2S.C10H6F3N3O2S/c1-2-3-10-18-19-12(21-10)17-11(20)8-4-6-9(7-5-8)22-13(14,15)16;1-2-9-17-18-11(20-9)16-10(19)7-3-5-8(6-4-7)21-12(13,14)15;1-6-16-17-10(19-6)15-9(18)7-2-4-8(5-3-7)20-11(12,13)14;11-10(12,13)19-7-3-1-6(2-4-7)8(17)15-9-16-14-5-18-9/h4-7H,2-3H2,1H3,(H,17,19,20);3-6H,2H2,1H3,(H,16,18,19);2-5H,1H3,(H,15,17,18);1-5H,(H,15,16,17). The van der Waals surface area contributed by atoms with E-state index in [0.29, 0.717) is 24.6 Å². The van der Waals surface area contributed by atoms with Crippen molar-refractivity contribution in [3.8, 4) is 0 Å². The summed E-state index contributed by atoms with van der Waals surface area (Å²) in [6.07, 6.45) is 3.01. The first-order chi connectivity index (χ1) is 38.5. The van der Waals surface area contributed by atoms with Crippen LogP contribution in [0.2, 0.25) is 0 Å². The molecule has 82 heavy (non-hydrogen) atoms. The lowest BCUT2D eigenvalue weighted by Crippen LogP contribution is -2.12. The number of hydrogen-bond acceptors (Lipinski definition) is 20. The third-order valence-corrected chi connectivity index (χ3v) is 11.8. The molecule has 4 N–H and O–H groups in total. The Bertz CT molecular complexity index is 3310. The summed E-state index contributed by atoms with van der Waals surface area (Å²) < 4.78 is 166. The average molecular weight is 1240 g/mol. The molecule has 0 bridgehead atoms. The maximum atomic E-state index is 12.2. The summed E-state index contributed by atoms with van der Waals surface area (Å²) in [7, 11) is 0. The second-order valence-corrected chi connectivity index (χ2v) is 19.6. The first-order valence-electron chi connectivity index (χ1n) is 22.4. The third kappa shape index (κ3) is 23.9. The summed E-state index contributed by atoms with van der Waals surface area (Å²) in [6, 6.07) is 19.8. The molecular formula is C46H36F12N12O8S4. The summed E-state index contributed by atoms with van der Waals surface area (Å²) in [5, 5.41) is 38.0. The number of aryl methyl sites for hydroxylation is 3. The lowest BCUT2D eigenvalue weighted by atomic mass is 10.2. The molecule has 4 aromatic carbocycles. The van der Waals surface area contributed by atoms with Crippen molar-refractivity contribution < 1.29 is 89.5 Å². The molecule has 8 aromatic rings. The molecule has 0 unspecified atom stereocenters. The van der Waals surface area contributed by atoms with Crippen LogP contribution in [0.15, 0.2) is 141 Å². The van der Waals surface area contributed by atoms with Gasteiger partial charge in [-0.25, -0.2) is 0 Å². The number of aromatic nitrogens is 8. The van der Waals surface area contributed by atoms with Crippen molar-refractivity contribution in [1.29, 1.82) is 0 Å². The van der Waals surface area contributed by atoms with Crippen LogP contribution in [0.5, 0.6) is 0 Å². The number of thioether (sulfide) groups is 4. The number of halogens is 12. The number of carbonyl (C=O) groups excluding carboxylic acids is 4. The van der Waals surface area contributed by atoms with E-state index in [9.17, 15) is 71.9 Å². The number of rotatable bonds is 15. The van der Waals surface area contributed by atoms with Crippen molar-refractivity contribution >= 4 is 94.7 Å². The lowest BCUT2D eigenvalue weighted by molar-refractivity contribution is -0.0337. The minimum absolute atomic E-state index is 0.00170. The van der Waals surface area contributed by atoms with E-state index in [2.05, 4.69) is 62.1 Å². The first-order valence-corrected chi connectivity index (χ1v) is 25.7. The third-order valence-electron chi connectivity index (χ3n) is 8.87. The van der Waals surface area contributed by atoms with Crippen LogP contribution in [0.1, 0.15) is 79.4 Å². The maximum absolute atomic E-state index is 12.2. The molecule has 8 rings (SSSR count). The Hall–Kier alpha value is -8.12. The summed E-state index contributed by atoms with van der Waals surface area (Å²) >= 11 is -0.970. The highest BCUT2D eigenvalue weighted by molar-refractivity contribution is 8.00. The molecule has 0 saturated heterocycles. The van der Waals surface area contributed by atoms with E-state index >= 15 is 0 Å². The summed E-state index contributed by atoms with van der Waals surface area (Å²) in [4.78, 5) is 47.2. The Morgan fingerprint density at radius 2 is 0.720 bits per heavy atom. The number of anilines is 4. The zero-order valence-corrected chi connectivity index (χ0v) is 44.7. The van der Waals surface area contributed by atoms with Crippen molar-refractivity contribution in [1.82, 2.24) is 40.8 Å². The molecule has 0 fully saturated rings. The molecule has 436 valence electrons. The van der Waals surface area contributed by atoms with Gasteiger partial charge < -0.3 is 17.7 Å². The Kier molecular flexibility index (Phi) is 23.3. The van der Waals surface area contributed by atoms with E-state index in [1.807, 2.05) is 13.8 Å². The van der Waals surface area contributed by atoms with Crippen molar-refractivity contribution in [2.75, 3.05) is 21.3 Å². The van der Waals surface area contributed by atoms with Crippen LogP contribution in [0.4, 0.5) is 76.7 Å². The number of nitrogens with zero attached hydrogens (tertiary/aromatic N) is 8. The quantitative estimate of drug-likeness (QED) is 0.0548. The number of alkyl halides is 12. The van der Waals surface area contributed by atoms with Crippen molar-refractivity contribution in [2.24, 2.45) is 0 Å². The lowest BCUT2D eigenvalue weighted by Gasteiger charge is -2.06. The highest BCUT2D eigenvalue weighted by Gasteiger charge is 2.32. The fourth-order valence-electron chi connectivity index (χ4n) is 5.55. The van der Waals surface area contributed by atoms with Crippen LogP contribution in [-0.4, -0.2) is 86.5 Å². The zero-order valence-electron chi connectivity index (χ0n) is 41.4. The van der Waals surface area contributed by atoms with Crippen LogP contribution in [0.3, 0.4) is 0 Å². The molecule has 0 radical (unpaired) electrons. The molecule has 0 aliphatic carbocycles. The number of benzene rings is 4. The minimum atomic E-state index is -4.36. The van der Waals surface area contributed by atoms with E-state index in [-0.39, 0.29) is 119 Å². The molecular weight excluding hydrogens is 1200 g/mol. The minimum Gasteiger partial charge on any atom is -0.411 e. The van der Waals surface area contributed by atoms with Gasteiger partial charge in [-0.3, -0.25) is 40.4 Å². The van der Waals surface area contributed by atoms with E-state index in [1.54, 1.807) is 6.92 Å². The van der Waals surface area contributed by atoms with Gasteiger partial charge in [0.25, 0.3) is 23.6 Å². The number of hydrogen-bond donors (Lipinski definition) is 4. The molecule has 20 nitrogen and oxygen atoms in total. The second kappa shape index (κ2) is 29.6. The number of carbonyl (C=O) groups is 4. The fraction of sp³-hybridized carbons (Fsp3) is 0.217. The number of nitrogens with one attached hydrogen (secondary N) is 4. The van der Waals surface area contributed by atoms with Crippen LogP contribution < -0.4 is 21.3 Å². The van der Waals surface area contributed by atoms with E-state index in [0.717, 1.165) is 12.8 Å². The van der Waals surface area contributed by atoms with E-state index < -0.39 is 45.7 Å². The predicted octanol–water partition coefficient (Wildman–Crippen LogP) is 13.6. The Morgan fingerprint density at radius 1 is 0.415 bits per heavy atom. The highest BCUT2D eigenvalue weighted by Crippen LogP contribution is 2.39. The summed E-state index contributed by atoms with van der Waals surface area (Å²) in [5.41, 5.74) is -16.7. The van der Waals surface area contributed by atoms with E-state index in [1.165, 1.54) is 97.1 Å². The smallest absolute Gasteiger partial charge is 0.411 e. The normalized spacial score (nSPS) is 11.4. The van der Waals surface area contributed by atoms with Gasteiger partial charge in [0, 0.05) is 61.6 Å². The molecule has 0 aliphatic heterocycles. The topological polar surface area (TPSA) is 272 Å². The van der Waals surface area contributed by atoms with Gasteiger partial charge in [0.15, 0.2) is 0 Å². The van der Waals surface area contributed by atoms with Crippen molar-refractivity contribution in [3.63, 3.8) is 0 Å². The maximum Gasteiger partial charge on any atom is 0.446 e. The van der Waals surface area contributed by atoms with E-state index in [4.69, 9.17) is 17.7 Å². The predicted molar refractivity (Wildman–Crippen MR) is 271 cm³/mol. The summed E-state index contributed by atoms with van der Waals surface area (Å²) in [6.45, 7) is 5.32. The molecule has 4 heterocycles. The molecule has 0 aliphatic rings. The van der Waals surface area contributed by atoms with Crippen LogP contribution >= 0.6 is 47.0 Å². The van der Waals surface area contributed by atoms with Gasteiger partial charge in [0.2, 0.25) is 24.1 Å². The molecule has 0 atom stereocenters. The highest BCUT2D eigenvalue weighted by atomic mass is 32.2. The Balaban J connectivity index is 0.000000201. The SMILES string of the molecule is CCCc1nnc(NC(=O)c2ccc(SC(F)(F)F)cc2)o1.CCc1nnc(NC(=O)c2ccc(SC(F)(F)F)cc2)o1.Cc1nnc(NC(=O)c2ccc(SC(F)(F)F)cc2)o1.O=C(Nc1nnco1)c1ccc(SC(F)(F)F)cc1. The van der Waals surface area contributed by atoms with Gasteiger partial charge in [-0.05, 0) is 151 Å². The largest absolute Gasteiger partial charge is 0.446 e. The molecule has 0 spiro atoms. The van der Waals surface area contributed by atoms with Gasteiger partial charge in [-0.1, -0.05) is 34.2 Å². The fourth-order valence-corrected chi connectivity index (χ4v) is 7.71. The number of amides is 4.